The summed E-state index contributed by atoms with van der Waals surface area (Å²) in [6.45, 7) is 1.86. The maximum Gasteiger partial charge on any atom is 0.201 e. The molecular formula is C13H13ClN8S. The SMILES string of the molecule is Cc1nnc(Sc2ccc(Cl)cc2N/N=C(\C#N)C(=N)N)n1C. The minimum atomic E-state index is -0.417. The summed E-state index contributed by atoms with van der Waals surface area (Å²) < 4.78 is 1.85. The average molecular weight is 349 g/mol. The number of aryl methyl sites for hydroxylation is 1. The van der Waals surface area contributed by atoms with Gasteiger partial charge in [-0.1, -0.05) is 11.6 Å². The Balaban J connectivity index is 2.33. The third kappa shape index (κ3) is 4.00. The molecule has 1 aromatic heterocycles. The molecule has 4 N–H and O–H groups in total. The first-order valence-corrected chi connectivity index (χ1v) is 7.53. The van der Waals surface area contributed by atoms with Crippen LogP contribution in [0.15, 0.2) is 33.4 Å². The topological polar surface area (TPSA) is 129 Å². The van der Waals surface area contributed by atoms with Crippen LogP contribution in [0.25, 0.3) is 0 Å². The number of hydrogen-bond donors (Lipinski definition) is 3. The molecule has 0 aliphatic rings. The van der Waals surface area contributed by atoms with Gasteiger partial charge in [-0.25, -0.2) is 0 Å². The molecule has 118 valence electrons. The van der Waals surface area contributed by atoms with Crippen molar-refractivity contribution in [3.05, 3.63) is 29.0 Å². The largest absolute Gasteiger partial charge is 0.382 e. The summed E-state index contributed by atoms with van der Waals surface area (Å²) in [7, 11) is 1.86. The first kappa shape index (κ1) is 16.8. The highest BCUT2D eigenvalue weighted by Gasteiger charge is 2.11. The number of rotatable bonds is 5. The van der Waals surface area contributed by atoms with Gasteiger partial charge >= 0.3 is 0 Å². The summed E-state index contributed by atoms with van der Waals surface area (Å²) in [6, 6.07) is 6.93. The van der Waals surface area contributed by atoms with Gasteiger partial charge in [-0.05, 0) is 36.9 Å². The molecule has 0 aliphatic heterocycles. The van der Waals surface area contributed by atoms with Crippen LogP contribution < -0.4 is 11.2 Å². The number of nitrogens with zero attached hydrogens (tertiary/aromatic N) is 5. The van der Waals surface area contributed by atoms with Gasteiger partial charge in [0.05, 0.1) is 5.69 Å². The highest BCUT2D eigenvalue weighted by atomic mass is 35.5. The Morgan fingerprint density at radius 1 is 1.52 bits per heavy atom. The van der Waals surface area contributed by atoms with E-state index in [9.17, 15) is 0 Å². The van der Waals surface area contributed by atoms with Crippen molar-refractivity contribution in [1.82, 2.24) is 14.8 Å². The number of anilines is 1. The Morgan fingerprint density at radius 3 is 2.83 bits per heavy atom. The number of aromatic nitrogens is 3. The summed E-state index contributed by atoms with van der Waals surface area (Å²) in [4.78, 5) is 0.787. The molecule has 0 atom stereocenters. The van der Waals surface area contributed by atoms with Gasteiger partial charge in [0.1, 0.15) is 11.9 Å². The van der Waals surface area contributed by atoms with Crippen LogP contribution in [0.1, 0.15) is 5.82 Å². The Hall–Kier alpha value is -2.57. The average Bonchev–Trinajstić information content (AvgIpc) is 2.82. The molecule has 23 heavy (non-hydrogen) atoms. The van der Waals surface area contributed by atoms with Crippen LogP contribution in [0.5, 0.6) is 0 Å². The predicted octanol–water partition coefficient (Wildman–Crippen LogP) is 2.16. The van der Waals surface area contributed by atoms with Crippen molar-refractivity contribution in [2.75, 3.05) is 5.43 Å². The third-order valence-corrected chi connectivity index (χ3v) is 4.19. The van der Waals surface area contributed by atoms with E-state index in [2.05, 4.69) is 20.7 Å². The highest BCUT2D eigenvalue weighted by molar-refractivity contribution is 7.99. The zero-order valence-electron chi connectivity index (χ0n) is 12.3. The van der Waals surface area contributed by atoms with Gasteiger partial charge in [-0.15, -0.1) is 10.2 Å². The minimum Gasteiger partial charge on any atom is -0.382 e. The van der Waals surface area contributed by atoms with Gasteiger partial charge in [0.25, 0.3) is 0 Å². The molecule has 1 heterocycles. The number of nitriles is 1. The molecule has 10 heteroatoms. The molecule has 0 spiro atoms. The smallest absolute Gasteiger partial charge is 0.201 e. The maximum atomic E-state index is 8.88. The molecule has 0 unspecified atom stereocenters. The van der Waals surface area contributed by atoms with E-state index >= 15 is 0 Å². The van der Waals surface area contributed by atoms with Crippen LogP contribution in [-0.4, -0.2) is 26.3 Å². The second kappa shape index (κ2) is 7.13. The minimum absolute atomic E-state index is 0.213. The van der Waals surface area contributed by atoms with Crippen LogP contribution in [0, 0.1) is 23.7 Å². The number of benzene rings is 1. The lowest BCUT2D eigenvalue weighted by molar-refractivity contribution is 0.765. The Morgan fingerprint density at radius 2 is 2.26 bits per heavy atom. The number of nitrogens with one attached hydrogen (secondary N) is 2. The Bertz CT molecular complexity index is 820. The number of hydrazone groups is 1. The molecule has 0 aliphatic carbocycles. The van der Waals surface area contributed by atoms with Gasteiger partial charge in [0.2, 0.25) is 5.71 Å². The van der Waals surface area contributed by atoms with E-state index in [4.69, 9.17) is 28.0 Å². The molecule has 0 bridgehead atoms. The molecule has 0 saturated heterocycles. The van der Waals surface area contributed by atoms with Crippen molar-refractivity contribution in [2.45, 2.75) is 17.0 Å². The molecule has 0 saturated carbocycles. The van der Waals surface area contributed by atoms with Gasteiger partial charge in [0, 0.05) is 17.0 Å². The number of hydrogen-bond acceptors (Lipinski definition) is 7. The normalized spacial score (nSPS) is 11.1. The van der Waals surface area contributed by atoms with Crippen LogP contribution in [0.2, 0.25) is 5.02 Å². The monoisotopic (exact) mass is 348 g/mol. The molecule has 8 nitrogen and oxygen atoms in total. The van der Waals surface area contributed by atoms with Gasteiger partial charge in [-0.2, -0.15) is 10.4 Å². The number of nitrogens with two attached hydrogens (primary N) is 1. The quantitative estimate of drug-likeness (QED) is 0.431. The Labute approximate surface area is 141 Å². The molecule has 1 aromatic carbocycles. The van der Waals surface area contributed by atoms with Gasteiger partial charge in [0.15, 0.2) is 11.0 Å². The highest BCUT2D eigenvalue weighted by Crippen LogP contribution is 2.34. The molecule has 0 amide bonds. The van der Waals surface area contributed by atoms with E-state index in [1.807, 2.05) is 18.5 Å². The molecule has 0 radical (unpaired) electrons. The van der Waals surface area contributed by atoms with Crippen molar-refractivity contribution in [1.29, 1.82) is 10.7 Å². The number of amidine groups is 1. The summed E-state index contributed by atoms with van der Waals surface area (Å²) in [5.74, 6) is 0.373. The van der Waals surface area contributed by atoms with Gasteiger partial charge in [-0.3, -0.25) is 10.8 Å². The molecule has 2 rings (SSSR count). The first-order valence-electron chi connectivity index (χ1n) is 6.34. The van der Waals surface area contributed by atoms with Crippen molar-refractivity contribution >= 4 is 40.6 Å². The summed E-state index contributed by atoms with van der Waals surface area (Å²) in [5, 5.41) is 29.2. The molecule has 0 fully saturated rings. The lowest BCUT2D eigenvalue weighted by Crippen LogP contribution is -2.21. The van der Waals surface area contributed by atoms with E-state index in [1.54, 1.807) is 24.3 Å². The van der Waals surface area contributed by atoms with E-state index in [1.165, 1.54) is 11.8 Å². The second-order valence-corrected chi connectivity index (χ2v) is 5.87. The summed E-state index contributed by atoms with van der Waals surface area (Å²) >= 11 is 7.37. The summed E-state index contributed by atoms with van der Waals surface area (Å²) in [6.07, 6.45) is 0. The van der Waals surface area contributed by atoms with Crippen molar-refractivity contribution in [2.24, 2.45) is 17.9 Å². The fourth-order valence-electron chi connectivity index (χ4n) is 1.52. The van der Waals surface area contributed by atoms with E-state index in [-0.39, 0.29) is 5.71 Å². The number of halogens is 1. The third-order valence-electron chi connectivity index (χ3n) is 2.84. The predicted molar refractivity (Wildman–Crippen MR) is 89.9 cm³/mol. The van der Waals surface area contributed by atoms with E-state index in [0.29, 0.717) is 15.9 Å². The van der Waals surface area contributed by atoms with Crippen LogP contribution in [0.4, 0.5) is 5.69 Å². The molecular weight excluding hydrogens is 336 g/mol. The van der Waals surface area contributed by atoms with Crippen molar-refractivity contribution in [3.63, 3.8) is 0 Å². The van der Waals surface area contributed by atoms with Crippen LogP contribution >= 0.6 is 23.4 Å². The second-order valence-electron chi connectivity index (χ2n) is 4.43. The fraction of sp³-hybridized carbons (Fsp3) is 0.154. The fourth-order valence-corrected chi connectivity index (χ4v) is 2.59. The van der Waals surface area contributed by atoms with Crippen molar-refractivity contribution in [3.8, 4) is 6.07 Å². The lowest BCUT2D eigenvalue weighted by atomic mass is 10.3. The standard InChI is InChI=1S/C13H13ClN8S/c1-7-18-21-13(22(7)2)23-11-4-3-8(14)5-9(11)19-20-10(6-15)12(16)17/h3-5,19H,1-2H3,(H3,16,17)/b20-10+. The molecule has 2 aromatic rings. The van der Waals surface area contributed by atoms with Gasteiger partial charge < -0.3 is 10.3 Å². The maximum absolute atomic E-state index is 8.88. The van der Waals surface area contributed by atoms with Crippen LogP contribution in [0.3, 0.4) is 0 Å². The summed E-state index contributed by atoms with van der Waals surface area (Å²) in [5.41, 5.74) is 8.33. The Kier molecular flexibility index (Phi) is 5.20. The van der Waals surface area contributed by atoms with E-state index in [0.717, 1.165) is 10.7 Å². The van der Waals surface area contributed by atoms with Crippen molar-refractivity contribution < 1.29 is 0 Å². The van der Waals surface area contributed by atoms with E-state index < -0.39 is 5.84 Å². The zero-order valence-corrected chi connectivity index (χ0v) is 13.9. The zero-order chi connectivity index (χ0) is 17.0. The lowest BCUT2D eigenvalue weighted by Gasteiger charge is -2.09. The first-order chi connectivity index (χ1) is 10.9. The van der Waals surface area contributed by atoms with Crippen LogP contribution in [-0.2, 0) is 7.05 Å².